The molecule has 0 saturated carbocycles. The van der Waals surface area contributed by atoms with E-state index in [1.807, 2.05) is 6.92 Å². The molecule has 3 rings (SSSR count). The Balaban J connectivity index is 1.81. The number of hydrogen-bond acceptors (Lipinski definition) is 4. The lowest BCUT2D eigenvalue weighted by molar-refractivity contribution is -0.135. The Morgan fingerprint density at radius 3 is 2.87 bits per heavy atom. The highest BCUT2D eigenvalue weighted by Crippen LogP contribution is 2.33. The van der Waals surface area contributed by atoms with Gasteiger partial charge in [-0.1, -0.05) is 13.0 Å². The number of para-hydroxylation sites is 1. The number of amides is 2. The van der Waals surface area contributed by atoms with Crippen LogP contribution in [-0.4, -0.2) is 41.7 Å². The number of fused-ring (bicyclic) bond motifs is 1. The molecule has 1 saturated heterocycles. The molecule has 1 fully saturated rings. The van der Waals surface area contributed by atoms with E-state index in [1.165, 1.54) is 0 Å². The van der Waals surface area contributed by atoms with Gasteiger partial charge < -0.3 is 15.0 Å². The second kappa shape index (κ2) is 6.40. The molecule has 0 aliphatic carbocycles. The van der Waals surface area contributed by atoms with Gasteiger partial charge >= 0.3 is 0 Å². The van der Waals surface area contributed by atoms with Crippen LogP contribution in [0.3, 0.4) is 0 Å². The molecule has 0 radical (unpaired) electrons. The number of nitrogens with zero attached hydrogens (tertiary/aromatic N) is 1. The zero-order chi connectivity index (χ0) is 16.4. The van der Waals surface area contributed by atoms with Crippen molar-refractivity contribution in [2.45, 2.75) is 38.6 Å². The van der Waals surface area contributed by atoms with E-state index in [2.05, 4.69) is 5.32 Å². The Bertz CT molecular complexity index is 656. The largest absolute Gasteiger partial charge is 0.490 e. The predicted octanol–water partition coefficient (Wildman–Crippen LogP) is 1.99. The first-order chi connectivity index (χ1) is 11.1. The van der Waals surface area contributed by atoms with Crippen molar-refractivity contribution in [1.29, 1.82) is 0 Å². The van der Waals surface area contributed by atoms with Crippen LogP contribution in [-0.2, 0) is 9.59 Å². The van der Waals surface area contributed by atoms with Crippen LogP contribution in [0.25, 0.3) is 0 Å². The average molecular weight is 316 g/mol. The highest BCUT2D eigenvalue weighted by atomic mass is 16.5. The maximum absolute atomic E-state index is 12.6. The van der Waals surface area contributed by atoms with Crippen molar-refractivity contribution in [2.75, 3.05) is 18.5 Å². The van der Waals surface area contributed by atoms with Gasteiger partial charge in [0.15, 0.2) is 11.5 Å². The second-order valence-electron chi connectivity index (χ2n) is 5.81. The Morgan fingerprint density at radius 2 is 2.17 bits per heavy atom. The number of benzene rings is 1. The van der Waals surface area contributed by atoms with Crippen LogP contribution >= 0.6 is 0 Å². The van der Waals surface area contributed by atoms with Gasteiger partial charge in [-0.15, -0.1) is 0 Å². The van der Waals surface area contributed by atoms with Crippen LogP contribution < -0.4 is 10.1 Å². The smallest absolute Gasteiger partial charge is 0.247 e. The summed E-state index contributed by atoms with van der Waals surface area (Å²) in [4.78, 5) is 38.0. The van der Waals surface area contributed by atoms with Gasteiger partial charge in [0.2, 0.25) is 11.8 Å². The van der Waals surface area contributed by atoms with Crippen molar-refractivity contribution < 1.29 is 19.1 Å². The van der Waals surface area contributed by atoms with Gasteiger partial charge in [-0.25, -0.2) is 0 Å². The number of ketones is 1. The van der Waals surface area contributed by atoms with Gasteiger partial charge in [-0.2, -0.15) is 0 Å². The minimum atomic E-state index is -0.486. The molecule has 0 bridgehead atoms. The van der Waals surface area contributed by atoms with Gasteiger partial charge in [0.1, 0.15) is 6.04 Å². The summed E-state index contributed by atoms with van der Waals surface area (Å²) in [5, 5.41) is 2.83. The number of Topliss-reactive ketones (excluding diaryl/α,β-unsaturated/α-hetero) is 1. The summed E-state index contributed by atoms with van der Waals surface area (Å²) in [7, 11) is 0. The Kier molecular flexibility index (Phi) is 4.32. The molecule has 122 valence electrons. The SMILES string of the molecule is CCC(C(=O)Nc1cccc2c1OCCC2=O)N1CCCC1=O. The summed E-state index contributed by atoms with van der Waals surface area (Å²) < 4.78 is 5.57. The lowest BCUT2D eigenvalue weighted by Gasteiger charge is -2.27. The zero-order valence-corrected chi connectivity index (χ0v) is 13.1. The minimum absolute atomic E-state index is 0.0177. The van der Waals surface area contributed by atoms with Crippen molar-refractivity contribution in [3.8, 4) is 5.75 Å². The summed E-state index contributed by atoms with van der Waals surface area (Å²) in [5.41, 5.74) is 0.991. The van der Waals surface area contributed by atoms with E-state index < -0.39 is 6.04 Å². The van der Waals surface area contributed by atoms with Crippen molar-refractivity contribution in [2.24, 2.45) is 0 Å². The number of carbonyl (C=O) groups is 3. The Hall–Kier alpha value is -2.37. The maximum atomic E-state index is 12.6. The van der Waals surface area contributed by atoms with E-state index in [4.69, 9.17) is 4.74 Å². The molecule has 1 aromatic carbocycles. The summed E-state index contributed by atoms with van der Waals surface area (Å²) in [6.45, 7) is 2.82. The van der Waals surface area contributed by atoms with Crippen LogP contribution in [0, 0.1) is 0 Å². The Morgan fingerprint density at radius 1 is 1.35 bits per heavy atom. The lowest BCUT2D eigenvalue weighted by Crippen LogP contribution is -2.44. The van der Waals surface area contributed by atoms with E-state index >= 15 is 0 Å². The fourth-order valence-corrected chi connectivity index (χ4v) is 3.15. The number of likely N-dealkylation sites (tertiary alicyclic amines) is 1. The van der Waals surface area contributed by atoms with Crippen LogP contribution in [0.5, 0.6) is 5.75 Å². The first-order valence-electron chi connectivity index (χ1n) is 8.01. The third-order valence-electron chi connectivity index (χ3n) is 4.32. The Labute approximate surface area is 134 Å². The van der Waals surface area contributed by atoms with Crippen LogP contribution in [0.2, 0.25) is 0 Å². The molecule has 2 heterocycles. The van der Waals surface area contributed by atoms with Gasteiger partial charge in [-0.05, 0) is 25.0 Å². The van der Waals surface area contributed by atoms with Gasteiger partial charge in [-0.3, -0.25) is 14.4 Å². The first-order valence-corrected chi connectivity index (χ1v) is 8.01. The second-order valence-corrected chi connectivity index (χ2v) is 5.81. The summed E-state index contributed by atoms with van der Waals surface area (Å²) >= 11 is 0. The molecule has 2 aliphatic rings. The normalized spacial score (nSPS) is 18.4. The molecule has 2 aliphatic heterocycles. The van der Waals surface area contributed by atoms with E-state index in [9.17, 15) is 14.4 Å². The topological polar surface area (TPSA) is 75.7 Å². The quantitative estimate of drug-likeness (QED) is 0.921. The maximum Gasteiger partial charge on any atom is 0.247 e. The summed E-state index contributed by atoms with van der Waals surface area (Å²) in [6, 6.07) is 4.66. The summed E-state index contributed by atoms with van der Waals surface area (Å²) in [6.07, 6.45) is 2.19. The molecule has 1 N–H and O–H groups in total. The molecule has 6 nitrogen and oxygen atoms in total. The van der Waals surface area contributed by atoms with E-state index in [1.54, 1.807) is 23.1 Å². The monoisotopic (exact) mass is 316 g/mol. The molecule has 1 atom stereocenters. The third kappa shape index (κ3) is 2.93. The molecule has 0 aromatic heterocycles. The zero-order valence-electron chi connectivity index (χ0n) is 13.1. The number of ether oxygens (including phenoxy) is 1. The molecular formula is C17H20N2O4. The van der Waals surface area contributed by atoms with Crippen molar-refractivity contribution in [1.82, 2.24) is 4.90 Å². The molecule has 0 spiro atoms. The van der Waals surface area contributed by atoms with Gasteiger partial charge in [0.05, 0.1) is 17.9 Å². The molecule has 6 heteroatoms. The number of carbonyl (C=O) groups excluding carboxylic acids is 3. The number of nitrogens with one attached hydrogen (secondary N) is 1. The van der Waals surface area contributed by atoms with Gasteiger partial charge in [0, 0.05) is 19.4 Å². The number of anilines is 1. The third-order valence-corrected chi connectivity index (χ3v) is 4.32. The first kappa shape index (κ1) is 15.5. The van der Waals surface area contributed by atoms with E-state index in [0.29, 0.717) is 49.4 Å². The fraction of sp³-hybridized carbons (Fsp3) is 0.471. The highest BCUT2D eigenvalue weighted by molar-refractivity contribution is 6.04. The van der Waals surface area contributed by atoms with Crippen molar-refractivity contribution in [3.63, 3.8) is 0 Å². The highest BCUT2D eigenvalue weighted by Gasteiger charge is 2.32. The van der Waals surface area contributed by atoms with Crippen LogP contribution in [0.15, 0.2) is 18.2 Å². The minimum Gasteiger partial charge on any atom is -0.490 e. The average Bonchev–Trinajstić information content (AvgIpc) is 2.95. The van der Waals surface area contributed by atoms with Gasteiger partial charge in [0.25, 0.3) is 0 Å². The summed E-state index contributed by atoms with van der Waals surface area (Å²) in [5.74, 6) is 0.232. The number of rotatable bonds is 4. The molecular weight excluding hydrogens is 296 g/mol. The van der Waals surface area contributed by atoms with Crippen molar-refractivity contribution in [3.05, 3.63) is 23.8 Å². The molecule has 23 heavy (non-hydrogen) atoms. The van der Waals surface area contributed by atoms with Crippen LogP contribution in [0.1, 0.15) is 43.0 Å². The molecule has 2 amide bonds. The molecule has 1 aromatic rings. The molecule has 1 unspecified atom stereocenters. The number of hydrogen-bond donors (Lipinski definition) is 1. The fourth-order valence-electron chi connectivity index (χ4n) is 3.15. The van der Waals surface area contributed by atoms with Crippen LogP contribution in [0.4, 0.5) is 5.69 Å². The predicted molar refractivity (Wildman–Crippen MR) is 84.5 cm³/mol. The van der Waals surface area contributed by atoms with E-state index in [0.717, 1.165) is 6.42 Å². The van der Waals surface area contributed by atoms with Crippen molar-refractivity contribution >= 4 is 23.3 Å². The standard InChI is InChI=1S/C17H20N2O4/c1-2-13(19-9-4-7-15(19)21)17(22)18-12-6-3-5-11-14(20)8-10-23-16(11)12/h3,5-6,13H,2,4,7-10H2,1H3,(H,18,22). The lowest BCUT2D eigenvalue weighted by atomic mass is 10.0. The van der Waals surface area contributed by atoms with E-state index in [-0.39, 0.29) is 17.6 Å².